The number of nitriles is 1. The number of anilines is 2. The highest BCUT2D eigenvalue weighted by molar-refractivity contribution is 6.35. The van der Waals surface area contributed by atoms with Gasteiger partial charge in [0.1, 0.15) is 17.3 Å². The summed E-state index contributed by atoms with van der Waals surface area (Å²) < 4.78 is 28.9. The van der Waals surface area contributed by atoms with Crippen LogP contribution in [0.4, 0.5) is 20.2 Å². The van der Waals surface area contributed by atoms with Gasteiger partial charge >= 0.3 is 0 Å². The Bertz CT molecular complexity index is 1520. The molecule has 0 saturated heterocycles. The lowest BCUT2D eigenvalue weighted by atomic mass is 9.96. The fraction of sp³-hybridized carbons (Fsp3) is 0.400. The van der Waals surface area contributed by atoms with Crippen molar-refractivity contribution in [3.63, 3.8) is 0 Å². The molecule has 40 heavy (non-hydrogen) atoms. The lowest BCUT2D eigenvalue weighted by Crippen LogP contribution is -2.26. The van der Waals surface area contributed by atoms with Crippen molar-refractivity contribution < 1.29 is 8.78 Å². The molecule has 1 fully saturated rings. The molecule has 0 unspecified atom stereocenters. The highest BCUT2D eigenvalue weighted by Gasteiger charge is 2.54. The molecule has 2 heterocycles. The Balaban J connectivity index is 1.79. The number of hydrogen-bond acceptors (Lipinski definition) is 6. The molecular weight excluding hydrogens is 532 g/mol. The monoisotopic (exact) mass is 565 g/mol. The average Bonchev–Trinajstić information content (AvgIpc) is 3.58. The quantitative estimate of drug-likeness (QED) is 0.244. The second-order valence-corrected chi connectivity index (χ2v) is 11.8. The number of halogens is 3. The Kier molecular flexibility index (Phi) is 8.31. The molecule has 1 aliphatic carbocycles. The van der Waals surface area contributed by atoms with Crippen LogP contribution in [-0.4, -0.2) is 32.9 Å². The van der Waals surface area contributed by atoms with Crippen LogP contribution < -0.4 is 10.6 Å². The number of benzene rings is 1. The first-order valence-electron chi connectivity index (χ1n) is 13.1. The Labute approximate surface area is 238 Å². The van der Waals surface area contributed by atoms with E-state index < -0.39 is 18.0 Å². The summed E-state index contributed by atoms with van der Waals surface area (Å²) in [4.78, 5) is 4.43. The number of hydrogen-bond donors (Lipinski definition) is 2. The van der Waals surface area contributed by atoms with Crippen molar-refractivity contribution in [3.05, 3.63) is 76.8 Å². The van der Waals surface area contributed by atoms with Gasteiger partial charge in [0.05, 0.1) is 34.0 Å². The molecule has 1 saturated carbocycles. The molecule has 3 aromatic rings. The van der Waals surface area contributed by atoms with Crippen molar-refractivity contribution in [1.29, 1.82) is 5.26 Å². The normalized spacial score (nSPS) is 15.8. The van der Waals surface area contributed by atoms with Crippen LogP contribution >= 0.6 is 11.6 Å². The molecule has 0 bridgehead atoms. The SMILES string of the molecule is C=C(/C(C)=C\C=C/C)[C@H](Nc1cc(Cl)c2ncc(C#N)c(NCC(C)(C)C)c2c1)c1cn(C2(C(F)F)CC2)nn1. The predicted octanol–water partition coefficient (Wildman–Crippen LogP) is 7.80. The van der Waals surface area contributed by atoms with Gasteiger partial charge in [0.2, 0.25) is 0 Å². The van der Waals surface area contributed by atoms with E-state index in [1.807, 2.05) is 38.1 Å². The van der Waals surface area contributed by atoms with Gasteiger partial charge in [0.15, 0.2) is 0 Å². The van der Waals surface area contributed by atoms with E-state index in [0.717, 1.165) is 5.57 Å². The molecule has 210 valence electrons. The maximum atomic E-state index is 13.8. The molecule has 0 spiro atoms. The third-order valence-electron chi connectivity index (χ3n) is 6.98. The molecule has 1 aromatic carbocycles. The molecular formula is C30H34ClF2N7. The minimum Gasteiger partial charge on any atom is -0.383 e. The van der Waals surface area contributed by atoms with E-state index in [-0.39, 0.29) is 5.41 Å². The first kappa shape index (κ1) is 29.2. The summed E-state index contributed by atoms with van der Waals surface area (Å²) in [6, 6.07) is 5.24. The molecule has 0 aliphatic heterocycles. The summed E-state index contributed by atoms with van der Waals surface area (Å²) in [7, 11) is 0. The van der Waals surface area contributed by atoms with Gasteiger partial charge in [-0.05, 0) is 55.4 Å². The van der Waals surface area contributed by atoms with Gasteiger partial charge in [-0.15, -0.1) is 5.10 Å². The van der Waals surface area contributed by atoms with Gasteiger partial charge in [0, 0.05) is 23.8 Å². The Hall–Kier alpha value is -3.77. The maximum absolute atomic E-state index is 13.8. The molecule has 0 amide bonds. The van der Waals surface area contributed by atoms with Gasteiger partial charge in [-0.3, -0.25) is 4.98 Å². The Morgan fingerprint density at radius 2 is 2.05 bits per heavy atom. The third kappa shape index (κ3) is 6.02. The zero-order valence-corrected chi connectivity index (χ0v) is 24.2. The second-order valence-electron chi connectivity index (χ2n) is 11.4. The third-order valence-corrected chi connectivity index (χ3v) is 7.27. The summed E-state index contributed by atoms with van der Waals surface area (Å²) in [5, 5.41) is 26.1. The molecule has 1 aliphatic rings. The van der Waals surface area contributed by atoms with E-state index in [2.05, 4.69) is 59.3 Å². The number of nitrogens with one attached hydrogen (secondary N) is 2. The number of nitrogens with zero attached hydrogens (tertiary/aromatic N) is 5. The summed E-state index contributed by atoms with van der Waals surface area (Å²) in [6.45, 7) is 15.1. The van der Waals surface area contributed by atoms with Crippen molar-refractivity contribution in [1.82, 2.24) is 20.0 Å². The lowest BCUT2D eigenvalue weighted by Gasteiger charge is -2.23. The van der Waals surface area contributed by atoms with E-state index in [4.69, 9.17) is 11.6 Å². The lowest BCUT2D eigenvalue weighted by molar-refractivity contribution is 0.0593. The van der Waals surface area contributed by atoms with Crippen LogP contribution in [-0.2, 0) is 5.54 Å². The number of allylic oxidation sites excluding steroid dienone is 3. The van der Waals surface area contributed by atoms with Gasteiger partial charge in [-0.1, -0.05) is 62.4 Å². The molecule has 7 nitrogen and oxygen atoms in total. The van der Waals surface area contributed by atoms with Gasteiger partial charge in [0.25, 0.3) is 6.43 Å². The minimum absolute atomic E-state index is 0.0371. The van der Waals surface area contributed by atoms with E-state index in [1.165, 1.54) is 10.9 Å². The van der Waals surface area contributed by atoms with Crippen LogP contribution in [0.25, 0.3) is 10.9 Å². The number of pyridine rings is 1. The molecule has 4 rings (SSSR count). The van der Waals surface area contributed by atoms with E-state index >= 15 is 0 Å². The summed E-state index contributed by atoms with van der Waals surface area (Å²) in [6.07, 6.45) is 6.99. The zero-order chi connectivity index (χ0) is 29.2. The highest BCUT2D eigenvalue weighted by atomic mass is 35.5. The van der Waals surface area contributed by atoms with Crippen molar-refractivity contribution in [2.75, 3.05) is 17.2 Å². The van der Waals surface area contributed by atoms with Crippen LogP contribution in [0.3, 0.4) is 0 Å². The van der Waals surface area contributed by atoms with Gasteiger partial charge in [-0.2, -0.15) is 5.26 Å². The predicted molar refractivity (Wildman–Crippen MR) is 157 cm³/mol. The fourth-order valence-corrected chi connectivity index (χ4v) is 4.62. The van der Waals surface area contributed by atoms with E-state index in [9.17, 15) is 14.0 Å². The van der Waals surface area contributed by atoms with Crippen LogP contribution in [0.15, 0.2) is 60.5 Å². The topological polar surface area (TPSA) is 91.5 Å². The average molecular weight is 566 g/mol. The van der Waals surface area contributed by atoms with Crippen molar-refractivity contribution in [2.24, 2.45) is 5.41 Å². The standard InChI is InChI=1S/C30H34ClF2N7/c1-7-8-9-18(2)19(3)25(24-16-40(39-38-24)30(10-11-30)28(32)33)37-21-12-22-26(36-17-29(4,5)6)20(14-34)15-35-27(22)23(31)13-21/h7-9,12-13,15-16,25,28,37H,3,10-11,17H2,1-2,4-6H3,(H,35,36)/b8-7-,18-9-/t25-/m0/s1. The minimum atomic E-state index is -2.53. The van der Waals surface area contributed by atoms with Crippen LogP contribution in [0.2, 0.25) is 5.02 Å². The Morgan fingerprint density at radius 3 is 2.65 bits per heavy atom. The highest BCUT2D eigenvalue weighted by Crippen LogP contribution is 2.48. The summed E-state index contributed by atoms with van der Waals surface area (Å²) >= 11 is 6.70. The number of aromatic nitrogens is 4. The summed E-state index contributed by atoms with van der Waals surface area (Å²) in [5.74, 6) is 0. The zero-order valence-electron chi connectivity index (χ0n) is 23.4. The van der Waals surface area contributed by atoms with Crippen LogP contribution in [0.5, 0.6) is 0 Å². The van der Waals surface area contributed by atoms with E-state index in [1.54, 1.807) is 12.3 Å². The maximum Gasteiger partial charge on any atom is 0.263 e. The number of rotatable bonds is 10. The fourth-order valence-electron chi connectivity index (χ4n) is 4.36. The molecule has 10 heteroatoms. The van der Waals surface area contributed by atoms with Gasteiger partial charge < -0.3 is 10.6 Å². The van der Waals surface area contributed by atoms with Crippen LogP contribution in [0, 0.1) is 16.7 Å². The molecule has 2 aromatic heterocycles. The Morgan fingerprint density at radius 1 is 1.32 bits per heavy atom. The van der Waals surface area contributed by atoms with Crippen molar-refractivity contribution in [3.8, 4) is 6.07 Å². The van der Waals surface area contributed by atoms with Crippen molar-refractivity contribution >= 4 is 33.9 Å². The number of fused-ring (bicyclic) bond motifs is 1. The van der Waals surface area contributed by atoms with Crippen molar-refractivity contribution in [2.45, 2.75) is 65.5 Å². The van der Waals surface area contributed by atoms with Gasteiger partial charge in [-0.25, -0.2) is 13.5 Å². The first-order chi connectivity index (χ1) is 18.9. The second kappa shape index (κ2) is 11.4. The molecule has 1 atom stereocenters. The largest absolute Gasteiger partial charge is 0.383 e. The molecule has 0 radical (unpaired) electrons. The number of alkyl halides is 2. The molecule has 2 N–H and O–H groups in total. The first-order valence-corrected chi connectivity index (χ1v) is 13.5. The summed E-state index contributed by atoms with van der Waals surface area (Å²) in [5.41, 5.74) is 2.93. The van der Waals surface area contributed by atoms with E-state index in [0.29, 0.717) is 63.5 Å². The van der Waals surface area contributed by atoms with Crippen LogP contribution in [0.1, 0.15) is 64.8 Å². The smallest absolute Gasteiger partial charge is 0.263 e.